The predicted molar refractivity (Wildman–Crippen MR) is 76.2 cm³/mol. The molecule has 122 valence electrons. The van der Waals surface area contributed by atoms with Crippen LogP contribution in [0.1, 0.15) is 18.5 Å². The smallest absolute Gasteiger partial charge is 0.368 e. The summed E-state index contributed by atoms with van der Waals surface area (Å²) in [6.45, 7) is 1.57. The standard InChI is InChI=1S/C16H17FN2O4/c1-16(15(22)23-3)11-10(13(20)19(2)14(11)21)12(18-16)8-6-4-5-7-9(8)17/h4-7,10-12,18H,1-3H3/p+1/t10-,11+,12-,16+/m0/s1. The van der Waals surface area contributed by atoms with Crippen LogP contribution in [0.4, 0.5) is 4.39 Å². The summed E-state index contributed by atoms with van der Waals surface area (Å²) >= 11 is 0. The third-order valence-corrected chi connectivity index (χ3v) is 5.02. The minimum atomic E-state index is -1.26. The Labute approximate surface area is 132 Å². The van der Waals surface area contributed by atoms with E-state index >= 15 is 0 Å². The second-order valence-electron chi connectivity index (χ2n) is 6.23. The van der Waals surface area contributed by atoms with Gasteiger partial charge in [-0.2, -0.15) is 0 Å². The Balaban J connectivity index is 2.14. The van der Waals surface area contributed by atoms with E-state index in [9.17, 15) is 18.8 Å². The fourth-order valence-corrected chi connectivity index (χ4v) is 3.85. The van der Waals surface area contributed by atoms with Crippen molar-refractivity contribution in [3.63, 3.8) is 0 Å². The quantitative estimate of drug-likeness (QED) is 0.594. The fourth-order valence-electron chi connectivity index (χ4n) is 3.85. The highest BCUT2D eigenvalue weighted by atomic mass is 19.1. The maximum atomic E-state index is 14.2. The van der Waals surface area contributed by atoms with Crippen molar-refractivity contribution >= 4 is 17.8 Å². The first-order valence-corrected chi connectivity index (χ1v) is 7.33. The molecule has 3 rings (SSSR count). The maximum absolute atomic E-state index is 14.2. The molecule has 7 heteroatoms. The van der Waals surface area contributed by atoms with E-state index in [0.29, 0.717) is 5.56 Å². The number of nitrogens with two attached hydrogens (primary N) is 1. The molecule has 2 saturated heterocycles. The number of fused-ring (bicyclic) bond motifs is 1. The zero-order chi connectivity index (χ0) is 16.9. The van der Waals surface area contributed by atoms with Gasteiger partial charge < -0.3 is 10.1 Å². The molecule has 2 amide bonds. The molecule has 0 saturated carbocycles. The molecule has 1 aromatic rings. The average Bonchev–Trinajstić information content (AvgIpc) is 2.97. The molecule has 0 aromatic heterocycles. The summed E-state index contributed by atoms with van der Waals surface area (Å²) in [7, 11) is 2.62. The zero-order valence-electron chi connectivity index (χ0n) is 13.1. The number of benzene rings is 1. The first-order valence-electron chi connectivity index (χ1n) is 7.33. The topological polar surface area (TPSA) is 80.3 Å². The highest BCUT2D eigenvalue weighted by Crippen LogP contribution is 2.44. The molecule has 0 unspecified atom stereocenters. The van der Waals surface area contributed by atoms with Gasteiger partial charge in [-0.3, -0.25) is 14.5 Å². The van der Waals surface area contributed by atoms with Crippen LogP contribution in [-0.4, -0.2) is 42.4 Å². The number of methoxy groups -OCH3 is 1. The molecule has 2 aliphatic heterocycles. The summed E-state index contributed by atoms with van der Waals surface area (Å²) in [5, 5.41) is 1.59. The van der Waals surface area contributed by atoms with Crippen molar-refractivity contribution in [2.45, 2.75) is 18.5 Å². The van der Waals surface area contributed by atoms with Crippen LogP contribution >= 0.6 is 0 Å². The molecular weight excluding hydrogens is 303 g/mol. The van der Waals surface area contributed by atoms with Crippen LogP contribution in [0.15, 0.2) is 24.3 Å². The Bertz CT molecular complexity index is 707. The van der Waals surface area contributed by atoms with Gasteiger partial charge in [-0.15, -0.1) is 0 Å². The van der Waals surface area contributed by atoms with E-state index < -0.39 is 47.0 Å². The second-order valence-corrected chi connectivity index (χ2v) is 6.23. The van der Waals surface area contributed by atoms with Gasteiger partial charge in [0.1, 0.15) is 23.7 Å². The van der Waals surface area contributed by atoms with Crippen molar-refractivity contribution in [1.29, 1.82) is 0 Å². The van der Waals surface area contributed by atoms with Crippen LogP contribution < -0.4 is 5.32 Å². The van der Waals surface area contributed by atoms with E-state index in [1.54, 1.807) is 30.4 Å². The highest BCUT2D eigenvalue weighted by Gasteiger charge is 2.70. The lowest BCUT2D eigenvalue weighted by Gasteiger charge is -2.24. The van der Waals surface area contributed by atoms with E-state index in [1.165, 1.54) is 20.2 Å². The average molecular weight is 321 g/mol. The van der Waals surface area contributed by atoms with Crippen molar-refractivity contribution in [3.8, 4) is 0 Å². The molecule has 0 aliphatic carbocycles. The molecule has 1 aromatic carbocycles. The largest absolute Gasteiger partial charge is 0.464 e. The molecule has 0 spiro atoms. The number of carbonyl (C=O) groups excluding carboxylic acids is 3. The number of halogens is 1. The van der Waals surface area contributed by atoms with E-state index in [-0.39, 0.29) is 0 Å². The number of imide groups is 1. The van der Waals surface area contributed by atoms with Crippen molar-refractivity contribution in [1.82, 2.24) is 4.90 Å². The monoisotopic (exact) mass is 321 g/mol. The van der Waals surface area contributed by atoms with Gasteiger partial charge in [-0.25, -0.2) is 9.18 Å². The molecule has 23 heavy (non-hydrogen) atoms. The first-order chi connectivity index (χ1) is 10.8. The van der Waals surface area contributed by atoms with Crippen molar-refractivity contribution in [3.05, 3.63) is 35.6 Å². The van der Waals surface area contributed by atoms with E-state index in [2.05, 4.69) is 0 Å². The van der Waals surface area contributed by atoms with Crippen LogP contribution in [0.25, 0.3) is 0 Å². The number of carbonyl (C=O) groups is 3. The molecule has 2 fully saturated rings. The SMILES string of the molecule is COC(=O)[C@]1(C)[NH2+][C@@H](c2ccccc2F)[C@H]2C(=O)N(C)C(=O)[C@@H]21. The molecule has 4 atom stereocenters. The summed E-state index contributed by atoms with van der Waals surface area (Å²) in [6, 6.07) is 5.45. The Hall–Kier alpha value is -2.28. The number of hydrogen-bond donors (Lipinski definition) is 1. The third-order valence-electron chi connectivity index (χ3n) is 5.02. The normalized spacial score (nSPS) is 33.0. The van der Waals surface area contributed by atoms with Crippen molar-refractivity contribution < 1.29 is 28.8 Å². The summed E-state index contributed by atoms with van der Waals surface area (Å²) in [5.41, 5.74) is -0.948. The Morgan fingerprint density at radius 2 is 1.96 bits per heavy atom. The number of esters is 1. The second kappa shape index (κ2) is 5.13. The molecule has 6 nitrogen and oxygen atoms in total. The van der Waals surface area contributed by atoms with Crippen LogP contribution in [0.3, 0.4) is 0 Å². The number of likely N-dealkylation sites (tertiary alicyclic amines) is 1. The van der Waals surface area contributed by atoms with Crippen LogP contribution in [0.2, 0.25) is 0 Å². The van der Waals surface area contributed by atoms with Crippen LogP contribution in [0, 0.1) is 17.7 Å². The Morgan fingerprint density at radius 3 is 2.57 bits per heavy atom. The van der Waals surface area contributed by atoms with Gasteiger partial charge >= 0.3 is 5.97 Å². The van der Waals surface area contributed by atoms with Gasteiger partial charge in [0.15, 0.2) is 0 Å². The lowest BCUT2D eigenvalue weighted by Crippen LogP contribution is -2.97. The van der Waals surface area contributed by atoms with Gasteiger partial charge in [-0.05, 0) is 6.07 Å². The number of quaternary nitrogens is 1. The summed E-state index contributed by atoms with van der Waals surface area (Å²) in [5.74, 6) is -3.52. The zero-order valence-corrected chi connectivity index (χ0v) is 13.1. The van der Waals surface area contributed by atoms with E-state index in [4.69, 9.17) is 4.74 Å². The molecular formula is C16H18FN2O4+. The van der Waals surface area contributed by atoms with Gasteiger partial charge in [0.05, 0.1) is 7.11 Å². The number of rotatable bonds is 2. The molecule has 2 heterocycles. The lowest BCUT2D eigenvalue weighted by molar-refractivity contribution is -0.731. The number of hydrogen-bond acceptors (Lipinski definition) is 4. The van der Waals surface area contributed by atoms with Crippen molar-refractivity contribution in [2.75, 3.05) is 14.2 Å². The molecule has 2 aliphatic rings. The predicted octanol–water partition coefficient (Wildman–Crippen LogP) is -0.393. The Kier molecular flexibility index (Phi) is 3.48. The van der Waals surface area contributed by atoms with Gasteiger partial charge in [0, 0.05) is 19.5 Å². The lowest BCUT2D eigenvalue weighted by atomic mass is 9.80. The minimum Gasteiger partial charge on any atom is -0.464 e. The van der Waals surface area contributed by atoms with Crippen LogP contribution in [0.5, 0.6) is 0 Å². The summed E-state index contributed by atoms with van der Waals surface area (Å²) in [6.07, 6.45) is 0. The summed E-state index contributed by atoms with van der Waals surface area (Å²) < 4.78 is 19.0. The molecule has 0 bridgehead atoms. The number of ether oxygens (including phenoxy) is 1. The fraction of sp³-hybridized carbons (Fsp3) is 0.438. The maximum Gasteiger partial charge on any atom is 0.368 e. The number of amides is 2. The van der Waals surface area contributed by atoms with Gasteiger partial charge in [0.25, 0.3) is 0 Å². The molecule has 2 N–H and O–H groups in total. The highest BCUT2D eigenvalue weighted by molar-refractivity contribution is 6.08. The molecule has 0 radical (unpaired) electrons. The van der Waals surface area contributed by atoms with Gasteiger partial charge in [0.2, 0.25) is 17.4 Å². The van der Waals surface area contributed by atoms with Crippen molar-refractivity contribution in [2.24, 2.45) is 11.8 Å². The first kappa shape index (κ1) is 15.6. The van der Waals surface area contributed by atoms with E-state index in [1.807, 2.05) is 0 Å². The third kappa shape index (κ3) is 1.99. The van der Waals surface area contributed by atoms with Gasteiger partial charge in [-0.1, -0.05) is 18.2 Å². The minimum absolute atomic E-state index is 0.312. The summed E-state index contributed by atoms with van der Waals surface area (Å²) in [4.78, 5) is 38.3. The van der Waals surface area contributed by atoms with E-state index in [0.717, 1.165) is 4.90 Å². The van der Waals surface area contributed by atoms with Crippen LogP contribution in [-0.2, 0) is 19.1 Å². The Morgan fingerprint density at radius 1 is 1.30 bits per heavy atom. The number of nitrogens with zero attached hydrogens (tertiary/aromatic N) is 1.